The number of halogens is 4. The summed E-state index contributed by atoms with van der Waals surface area (Å²) in [4.78, 5) is 27.8. The maximum atomic E-state index is 14.8. The second-order valence-corrected chi connectivity index (χ2v) is 8.72. The highest BCUT2D eigenvalue weighted by molar-refractivity contribution is 6.01. The smallest absolute Gasteiger partial charge is 0.362 e. The van der Waals surface area contributed by atoms with Crippen LogP contribution in [0.15, 0.2) is 49.1 Å². The van der Waals surface area contributed by atoms with Crippen molar-refractivity contribution in [2.24, 2.45) is 0 Å². The molecule has 3 aromatic heterocycles. The van der Waals surface area contributed by atoms with Crippen molar-refractivity contribution in [3.8, 4) is 11.4 Å². The predicted molar refractivity (Wildman–Crippen MR) is 118 cm³/mol. The van der Waals surface area contributed by atoms with Crippen molar-refractivity contribution >= 4 is 17.4 Å². The Morgan fingerprint density at radius 1 is 1.03 bits per heavy atom. The molecule has 3 atom stereocenters. The molecule has 1 N–H and O–H groups in total. The Morgan fingerprint density at radius 2 is 1.83 bits per heavy atom. The molecule has 0 saturated carbocycles. The van der Waals surface area contributed by atoms with Gasteiger partial charge in [-0.15, -0.1) is 10.2 Å². The zero-order valence-corrected chi connectivity index (χ0v) is 18.5. The number of fused-ring (bicyclic) bond motifs is 3. The van der Waals surface area contributed by atoms with Crippen molar-refractivity contribution in [1.29, 1.82) is 0 Å². The lowest BCUT2D eigenvalue weighted by Gasteiger charge is -2.26. The van der Waals surface area contributed by atoms with Crippen molar-refractivity contribution in [3.63, 3.8) is 0 Å². The first-order valence-corrected chi connectivity index (χ1v) is 11.2. The van der Waals surface area contributed by atoms with Crippen LogP contribution in [0.3, 0.4) is 0 Å². The van der Waals surface area contributed by atoms with Gasteiger partial charge in [0.05, 0.1) is 23.2 Å². The fourth-order valence-corrected chi connectivity index (χ4v) is 5.25. The lowest BCUT2D eigenvalue weighted by Crippen LogP contribution is -2.40. The lowest BCUT2D eigenvalue weighted by molar-refractivity contribution is -0.145. The highest BCUT2D eigenvalue weighted by Crippen LogP contribution is 2.41. The van der Waals surface area contributed by atoms with Crippen LogP contribution in [-0.4, -0.2) is 58.5 Å². The molecule has 0 unspecified atom stereocenters. The Hall–Kier alpha value is -4.16. The highest BCUT2D eigenvalue weighted by Gasteiger charge is 2.49. The van der Waals surface area contributed by atoms with Crippen molar-refractivity contribution < 1.29 is 22.4 Å². The number of nitrogens with one attached hydrogen (secondary N) is 1. The van der Waals surface area contributed by atoms with Gasteiger partial charge in [0.25, 0.3) is 5.91 Å². The van der Waals surface area contributed by atoms with Gasteiger partial charge in [0.15, 0.2) is 11.6 Å². The van der Waals surface area contributed by atoms with Crippen LogP contribution in [-0.2, 0) is 6.18 Å². The summed E-state index contributed by atoms with van der Waals surface area (Å²) in [5.41, 5.74) is 0.138. The van der Waals surface area contributed by atoms with Gasteiger partial charge in [-0.2, -0.15) is 13.2 Å². The predicted octanol–water partition coefficient (Wildman–Crippen LogP) is 3.60. The average molecular weight is 498 g/mol. The van der Waals surface area contributed by atoms with Crippen LogP contribution in [0.5, 0.6) is 0 Å². The maximum Gasteiger partial charge on any atom is 0.452 e. The normalized spacial score (nSPS) is 21.3. The third-order valence-electron chi connectivity index (χ3n) is 6.71. The third-order valence-corrected chi connectivity index (χ3v) is 6.71. The van der Waals surface area contributed by atoms with E-state index in [0.717, 1.165) is 17.0 Å². The Bertz CT molecular complexity index is 1460. The molecule has 2 saturated heterocycles. The fraction of sp³-hybridized carbons (Fsp3) is 0.304. The third kappa shape index (κ3) is 3.53. The number of nitrogens with zero attached hydrogens (tertiary/aromatic N) is 7. The maximum absolute atomic E-state index is 14.8. The molecular weight excluding hydrogens is 480 g/mol. The number of anilines is 1. The molecule has 0 spiro atoms. The molecule has 2 fully saturated rings. The number of alkyl halides is 3. The minimum Gasteiger partial charge on any atom is -0.362 e. The van der Waals surface area contributed by atoms with Crippen LogP contribution < -0.4 is 5.32 Å². The summed E-state index contributed by atoms with van der Waals surface area (Å²) in [5.74, 6) is -1.83. The summed E-state index contributed by atoms with van der Waals surface area (Å²) in [7, 11) is 0. The summed E-state index contributed by atoms with van der Waals surface area (Å²) >= 11 is 0. The van der Waals surface area contributed by atoms with Gasteiger partial charge in [-0.25, -0.2) is 19.3 Å². The number of amides is 1. The van der Waals surface area contributed by atoms with Crippen LogP contribution in [0, 0.1) is 5.82 Å². The number of rotatable bonds is 4. The van der Waals surface area contributed by atoms with Gasteiger partial charge in [-0.05, 0) is 37.5 Å². The van der Waals surface area contributed by atoms with Gasteiger partial charge in [0, 0.05) is 30.8 Å². The minimum absolute atomic E-state index is 0.0356. The summed E-state index contributed by atoms with van der Waals surface area (Å²) in [6.07, 6.45) is 2.69. The molecule has 2 aliphatic rings. The van der Waals surface area contributed by atoms with E-state index in [-0.39, 0.29) is 52.4 Å². The van der Waals surface area contributed by atoms with Gasteiger partial charge in [0.1, 0.15) is 5.82 Å². The number of aromatic nitrogens is 6. The molecule has 6 rings (SSSR count). The topological polar surface area (TPSA) is 101 Å². The first kappa shape index (κ1) is 22.3. The van der Waals surface area contributed by atoms with E-state index in [1.54, 1.807) is 17.0 Å². The average Bonchev–Trinajstić information content (AvgIpc) is 3.57. The van der Waals surface area contributed by atoms with Crippen molar-refractivity contribution in [2.75, 3.05) is 5.32 Å². The number of hydrogen-bond acceptors (Lipinski definition) is 7. The van der Waals surface area contributed by atoms with Crippen LogP contribution in [0.1, 0.15) is 35.4 Å². The first-order chi connectivity index (χ1) is 17.3. The van der Waals surface area contributed by atoms with Crippen LogP contribution in [0.2, 0.25) is 0 Å². The van der Waals surface area contributed by atoms with Crippen LogP contribution >= 0.6 is 0 Å². The van der Waals surface area contributed by atoms with E-state index in [2.05, 4.69) is 30.5 Å². The van der Waals surface area contributed by atoms with E-state index < -0.39 is 17.8 Å². The van der Waals surface area contributed by atoms with E-state index in [0.29, 0.717) is 12.8 Å². The van der Waals surface area contributed by atoms with Gasteiger partial charge in [-0.3, -0.25) is 9.20 Å². The van der Waals surface area contributed by atoms with Crippen LogP contribution in [0.25, 0.3) is 17.0 Å². The van der Waals surface area contributed by atoms with Crippen LogP contribution in [0.4, 0.5) is 23.4 Å². The SMILES string of the molecule is O=C(c1cccc(F)c1-c1ncccn1)N1[C@@H]2CC[C@H]1[C@H](Nc1nccn3c(C(F)(F)F)nnc13)C2. The molecule has 13 heteroatoms. The Morgan fingerprint density at radius 3 is 2.61 bits per heavy atom. The molecule has 0 radical (unpaired) electrons. The monoisotopic (exact) mass is 498 g/mol. The molecule has 0 aliphatic carbocycles. The van der Waals surface area contributed by atoms with Gasteiger partial charge in [-0.1, -0.05) is 6.07 Å². The largest absolute Gasteiger partial charge is 0.452 e. The Balaban J connectivity index is 1.30. The van der Waals surface area contributed by atoms with Gasteiger partial charge in [0.2, 0.25) is 11.5 Å². The lowest BCUT2D eigenvalue weighted by atomic mass is 9.95. The number of benzene rings is 1. The summed E-state index contributed by atoms with van der Waals surface area (Å²) in [6, 6.07) is 5.22. The Labute approximate surface area is 201 Å². The molecule has 5 heterocycles. The summed E-state index contributed by atoms with van der Waals surface area (Å²) in [5, 5.41) is 10.1. The van der Waals surface area contributed by atoms with E-state index in [1.165, 1.54) is 30.7 Å². The molecule has 2 aliphatic heterocycles. The minimum atomic E-state index is -4.67. The molecule has 2 bridgehead atoms. The van der Waals surface area contributed by atoms with E-state index >= 15 is 0 Å². The molecule has 36 heavy (non-hydrogen) atoms. The number of hydrogen-bond donors (Lipinski definition) is 1. The van der Waals surface area contributed by atoms with E-state index in [9.17, 15) is 22.4 Å². The molecule has 1 amide bonds. The Kier molecular flexibility index (Phi) is 5.09. The van der Waals surface area contributed by atoms with Crippen molar-refractivity contribution in [2.45, 2.75) is 43.6 Å². The number of carbonyl (C=O) groups is 1. The number of carbonyl (C=O) groups excluding carboxylic acids is 1. The first-order valence-electron chi connectivity index (χ1n) is 11.2. The summed E-state index contributed by atoms with van der Waals surface area (Å²) < 4.78 is 55.4. The molecule has 4 aromatic rings. The molecule has 9 nitrogen and oxygen atoms in total. The highest BCUT2D eigenvalue weighted by atomic mass is 19.4. The molecule has 184 valence electrons. The molecular formula is C23H18F4N8O. The van der Waals surface area contributed by atoms with E-state index in [4.69, 9.17) is 0 Å². The molecule has 1 aromatic carbocycles. The van der Waals surface area contributed by atoms with Crippen molar-refractivity contribution in [3.05, 3.63) is 66.3 Å². The summed E-state index contributed by atoms with van der Waals surface area (Å²) in [6.45, 7) is 0. The second kappa shape index (κ2) is 8.21. The van der Waals surface area contributed by atoms with Gasteiger partial charge >= 0.3 is 6.18 Å². The van der Waals surface area contributed by atoms with Crippen molar-refractivity contribution in [1.82, 2.24) is 34.4 Å². The van der Waals surface area contributed by atoms with E-state index in [1.807, 2.05) is 0 Å². The fourth-order valence-electron chi connectivity index (χ4n) is 5.25. The second-order valence-electron chi connectivity index (χ2n) is 8.72. The quantitative estimate of drug-likeness (QED) is 0.429. The standard InChI is InChI=1S/C23H18F4N8O/c24-14-4-1-3-13(17(14)18-28-7-2-8-29-18)21(36)35-12-5-6-16(35)15(11-12)31-19-20-32-33-22(23(25,26)27)34(20)10-9-30-19/h1-4,7-10,12,15-16H,5-6,11H2,(H,30,31)/t12-,15-,16+/m1/s1. The zero-order valence-electron chi connectivity index (χ0n) is 18.5. The van der Waals surface area contributed by atoms with Gasteiger partial charge < -0.3 is 10.2 Å². The zero-order chi connectivity index (χ0) is 25.0.